The maximum Gasteiger partial charge on any atom is 0.387 e. The Hall–Kier alpha value is -2.96. The summed E-state index contributed by atoms with van der Waals surface area (Å²) in [6.45, 7) is -2.40. The zero-order chi connectivity index (χ0) is 23.6. The Morgan fingerprint density at radius 2 is 1.88 bits per heavy atom. The molecule has 174 valence electrons. The topological polar surface area (TPSA) is 88.6 Å². The van der Waals surface area contributed by atoms with Crippen molar-refractivity contribution >= 4 is 32.4 Å². The summed E-state index contributed by atoms with van der Waals surface area (Å²) < 4.78 is 70.8. The number of benzene rings is 2. The maximum absolute atomic E-state index is 14.3. The third kappa shape index (κ3) is 5.02. The van der Waals surface area contributed by atoms with Crippen LogP contribution in [0.3, 0.4) is 0 Å². The lowest BCUT2D eigenvalue weighted by Gasteiger charge is -2.16. The number of nitrogens with zero attached hydrogens (tertiary/aromatic N) is 2. The monoisotopic (exact) mass is 497 g/mol. The van der Waals surface area contributed by atoms with Crippen LogP contribution in [0.15, 0.2) is 52.7 Å². The molecule has 0 radical (unpaired) electrons. The van der Waals surface area contributed by atoms with Gasteiger partial charge in [-0.15, -0.1) is 11.3 Å². The Morgan fingerprint density at radius 1 is 1.15 bits per heavy atom. The molecule has 2 aromatic carbocycles. The zero-order valence-corrected chi connectivity index (χ0v) is 18.6. The molecule has 0 saturated carbocycles. The predicted octanol–water partition coefficient (Wildman–Crippen LogP) is 4.59. The number of hydrogen-bond donors (Lipinski definition) is 1. The summed E-state index contributed by atoms with van der Waals surface area (Å²) in [7, 11) is -4.05. The number of anilines is 1. The summed E-state index contributed by atoms with van der Waals surface area (Å²) in [4.78, 5) is 16.4. The van der Waals surface area contributed by atoms with E-state index in [1.165, 1.54) is 16.4 Å². The van der Waals surface area contributed by atoms with Gasteiger partial charge in [-0.1, -0.05) is 12.1 Å². The van der Waals surface area contributed by atoms with Crippen molar-refractivity contribution in [1.82, 2.24) is 9.29 Å². The minimum Gasteiger partial charge on any atom is -0.434 e. The van der Waals surface area contributed by atoms with E-state index in [0.717, 1.165) is 23.5 Å². The van der Waals surface area contributed by atoms with E-state index in [-0.39, 0.29) is 16.4 Å². The molecular weight excluding hydrogens is 479 g/mol. The molecule has 0 atom stereocenters. The fraction of sp³-hybridized carbons (Fsp3) is 0.238. The number of rotatable bonds is 7. The van der Waals surface area contributed by atoms with Crippen LogP contribution in [-0.4, -0.2) is 43.3 Å². The lowest BCUT2D eigenvalue weighted by molar-refractivity contribution is -0.0494. The Labute approximate surface area is 191 Å². The number of amides is 1. The Kier molecular flexibility index (Phi) is 6.68. The number of sulfonamides is 1. The van der Waals surface area contributed by atoms with Crippen molar-refractivity contribution in [1.29, 1.82) is 0 Å². The highest BCUT2D eigenvalue weighted by Gasteiger charge is 2.30. The molecule has 0 bridgehead atoms. The molecule has 1 aliphatic rings. The van der Waals surface area contributed by atoms with Gasteiger partial charge in [-0.25, -0.2) is 17.8 Å². The third-order valence-electron chi connectivity index (χ3n) is 4.98. The summed E-state index contributed by atoms with van der Waals surface area (Å²) in [6.07, 6.45) is 1.39. The van der Waals surface area contributed by atoms with Crippen LogP contribution >= 0.6 is 11.3 Å². The van der Waals surface area contributed by atoms with E-state index in [2.05, 4.69) is 15.0 Å². The first kappa shape index (κ1) is 23.2. The van der Waals surface area contributed by atoms with E-state index in [4.69, 9.17) is 0 Å². The van der Waals surface area contributed by atoms with Gasteiger partial charge in [0.05, 0.1) is 5.69 Å². The Morgan fingerprint density at radius 3 is 2.61 bits per heavy atom. The van der Waals surface area contributed by atoms with Crippen molar-refractivity contribution in [3.63, 3.8) is 0 Å². The van der Waals surface area contributed by atoms with Crippen molar-refractivity contribution < 1.29 is 31.1 Å². The average molecular weight is 498 g/mol. The second-order valence-electron chi connectivity index (χ2n) is 7.12. The van der Waals surface area contributed by atoms with Crippen molar-refractivity contribution in [2.24, 2.45) is 0 Å². The molecule has 4 rings (SSSR count). The van der Waals surface area contributed by atoms with Crippen molar-refractivity contribution in [2.45, 2.75) is 24.3 Å². The number of carbonyl (C=O) groups excluding carboxylic acids is 1. The smallest absolute Gasteiger partial charge is 0.387 e. The molecule has 1 saturated heterocycles. The fourth-order valence-corrected chi connectivity index (χ4v) is 5.72. The minimum absolute atomic E-state index is 0.0626. The van der Waals surface area contributed by atoms with Gasteiger partial charge >= 0.3 is 6.61 Å². The number of nitrogens with one attached hydrogen (secondary N) is 1. The minimum atomic E-state index is -4.05. The molecule has 1 amide bonds. The first-order valence-corrected chi connectivity index (χ1v) is 12.2. The summed E-state index contributed by atoms with van der Waals surface area (Å²) in [5.41, 5.74) is 0.561. The van der Waals surface area contributed by atoms with Gasteiger partial charge in [-0.3, -0.25) is 10.1 Å². The van der Waals surface area contributed by atoms with Crippen LogP contribution in [-0.2, 0) is 10.0 Å². The van der Waals surface area contributed by atoms with Crippen LogP contribution in [0.2, 0.25) is 0 Å². The molecule has 1 N–H and O–H groups in total. The number of halogens is 3. The van der Waals surface area contributed by atoms with Gasteiger partial charge in [0.15, 0.2) is 5.13 Å². The summed E-state index contributed by atoms with van der Waals surface area (Å²) in [5.74, 6) is -1.69. The fourth-order valence-electron chi connectivity index (χ4n) is 3.41. The molecular formula is C21H18F3N3O4S2. The number of aromatic nitrogens is 1. The number of carbonyl (C=O) groups is 1. The summed E-state index contributed by atoms with van der Waals surface area (Å²) in [5, 5.41) is 4.23. The largest absolute Gasteiger partial charge is 0.434 e. The van der Waals surface area contributed by atoms with Crippen LogP contribution in [0.1, 0.15) is 23.2 Å². The number of alkyl halides is 2. The molecule has 1 fully saturated rings. The molecule has 1 aromatic heterocycles. The van der Waals surface area contributed by atoms with Gasteiger partial charge < -0.3 is 4.74 Å². The SMILES string of the molecule is O=C(Nc1nc(-c2ccccc2OC(F)F)cs1)c1ccc(F)c(S(=O)(=O)N2CCCC2)c1. The molecule has 33 heavy (non-hydrogen) atoms. The van der Waals surface area contributed by atoms with E-state index in [9.17, 15) is 26.4 Å². The van der Waals surface area contributed by atoms with Gasteiger partial charge in [0.1, 0.15) is 16.5 Å². The number of para-hydroxylation sites is 1. The predicted molar refractivity (Wildman–Crippen MR) is 117 cm³/mol. The van der Waals surface area contributed by atoms with E-state index in [0.29, 0.717) is 37.2 Å². The zero-order valence-electron chi connectivity index (χ0n) is 17.0. The molecule has 0 spiro atoms. The quantitative estimate of drug-likeness (QED) is 0.516. The van der Waals surface area contributed by atoms with E-state index in [1.807, 2.05) is 0 Å². The van der Waals surface area contributed by atoms with Gasteiger partial charge in [0.2, 0.25) is 10.0 Å². The molecule has 1 aliphatic heterocycles. The van der Waals surface area contributed by atoms with Crippen LogP contribution < -0.4 is 10.1 Å². The molecule has 2 heterocycles. The van der Waals surface area contributed by atoms with Crippen LogP contribution in [0.25, 0.3) is 11.3 Å². The first-order valence-electron chi connectivity index (χ1n) is 9.86. The van der Waals surface area contributed by atoms with Crippen LogP contribution in [0.5, 0.6) is 5.75 Å². The van der Waals surface area contributed by atoms with Crippen LogP contribution in [0, 0.1) is 5.82 Å². The third-order valence-corrected chi connectivity index (χ3v) is 7.65. The van der Waals surface area contributed by atoms with Gasteiger partial charge in [0, 0.05) is 29.6 Å². The Balaban J connectivity index is 1.55. The molecule has 0 unspecified atom stereocenters. The maximum atomic E-state index is 14.3. The molecule has 3 aromatic rings. The van der Waals surface area contributed by atoms with Gasteiger partial charge in [-0.05, 0) is 43.2 Å². The second kappa shape index (κ2) is 9.49. The average Bonchev–Trinajstić information content (AvgIpc) is 3.47. The standard InChI is InChI=1S/C21H18F3N3O4S2/c22-15-8-7-13(11-18(15)33(29,30)27-9-3-4-10-27)19(28)26-21-25-16(12-32-21)14-5-1-2-6-17(14)31-20(23)24/h1-2,5-8,11-12,20H,3-4,9-10H2,(H,25,26,28). The summed E-state index contributed by atoms with van der Waals surface area (Å²) in [6, 6.07) is 9.20. The Bertz CT molecular complexity index is 1280. The second-order valence-corrected chi connectivity index (χ2v) is 9.89. The number of thiazole rings is 1. The molecule has 12 heteroatoms. The molecule has 7 nitrogen and oxygen atoms in total. The lowest BCUT2D eigenvalue weighted by atomic mass is 10.1. The normalized spacial score (nSPS) is 14.5. The number of hydrogen-bond acceptors (Lipinski definition) is 6. The van der Waals surface area contributed by atoms with E-state index >= 15 is 0 Å². The highest BCUT2D eigenvalue weighted by molar-refractivity contribution is 7.89. The van der Waals surface area contributed by atoms with Crippen molar-refractivity contribution in [2.75, 3.05) is 18.4 Å². The number of ether oxygens (including phenoxy) is 1. The van der Waals surface area contributed by atoms with Crippen molar-refractivity contribution in [3.8, 4) is 17.0 Å². The highest BCUT2D eigenvalue weighted by atomic mass is 32.2. The molecule has 0 aliphatic carbocycles. The van der Waals surface area contributed by atoms with Gasteiger partial charge in [0.25, 0.3) is 5.91 Å². The van der Waals surface area contributed by atoms with Gasteiger partial charge in [-0.2, -0.15) is 13.1 Å². The first-order chi connectivity index (χ1) is 15.8. The van der Waals surface area contributed by atoms with E-state index < -0.39 is 33.3 Å². The van der Waals surface area contributed by atoms with Crippen LogP contribution in [0.4, 0.5) is 18.3 Å². The van der Waals surface area contributed by atoms with Crippen molar-refractivity contribution in [3.05, 3.63) is 59.2 Å². The highest BCUT2D eigenvalue weighted by Crippen LogP contribution is 2.33. The van der Waals surface area contributed by atoms with E-state index in [1.54, 1.807) is 23.6 Å². The summed E-state index contributed by atoms with van der Waals surface area (Å²) >= 11 is 1.04. The lowest BCUT2D eigenvalue weighted by Crippen LogP contribution is -2.29.